The van der Waals surface area contributed by atoms with Gasteiger partial charge in [0.1, 0.15) is 11.9 Å². The minimum absolute atomic E-state index is 0.0924. The lowest BCUT2D eigenvalue weighted by Gasteiger charge is -2.29. The van der Waals surface area contributed by atoms with Gasteiger partial charge in [-0.15, -0.1) is 12.6 Å². The number of nitrogens with zero attached hydrogens (tertiary/aromatic N) is 1. The van der Waals surface area contributed by atoms with Crippen LogP contribution in [0.4, 0.5) is 4.39 Å². The van der Waals surface area contributed by atoms with Gasteiger partial charge in [0.15, 0.2) is 0 Å². The third kappa shape index (κ3) is 3.95. The van der Waals surface area contributed by atoms with E-state index in [-0.39, 0.29) is 16.4 Å². The Kier molecular flexibility index (Phi) is 5.19. The molecule has 5 nitrogen and oxygen atoms in total. The summed E-state index contributed by atoms with van der Waals surface area (Å²) in [5.41, 5.74) is 0.267. The van der Waals surface area contributed by atoms with Gasteiger partial charge in [-0.05, 0) is 25.1 Å². The number of hydrogen-bond acceptors (Lipinski definition) is 4. The first-order valence-corrected chi connectivity index (χ1v) is 7.09. The molecular weight excluding hydrogens is 295 g/mol. The Hall–Kier alpha value is -1.60. The lowest BCUT2D eigenvalue weighted by Crippen LogP contribution is -2.50. The first kappa shape index (κ1) is 15.8. The SMILES string of the molecule is CC(NC(=O)c1ccc(F)c(S)c1)C(=O)N1CCOCC1. The molecule has 114 valence electrons. The van der Waals surface area contributed by atoms with Crippen LogP contribution in [0.3, 0.4) is 0 Å². The molecule has 2 amide bonds. The number of nitrogens with one attached hydrogen (secondary N) is 1. The molecule has 0 saturated carbocycles. The van der Waals surface area contributed by atoms with E-state index >= 15 is 0 Å². The maximum atomic E-state index is 13.1. The Morgan fingerprint density at radius 2 is 2.05 bits per heavy atom. The first-order chi connectivity index (χ1) is 9.99. The molecule has 7 heteroatoms. The van der Waals surface area contributed by atoms with Crippen molar-refractivity contribution in [1.82, 2.24) is 10.2 Å². The van der Waals surface area contributed by atoms with Gasteiger partial charge in [-0.2, -0.15) is 0 Å². The fourth-order valence-corrected chi connectivity index (χ4v) is 2.27. The van der Waals surface area contributed by atoms with Gasteiger partial charge in [0.25, 0.3) is 5.91 Å². The summed E-state index contributed by atoms with van der Waals surface area (Å²) < 4.78 is 18.3. The lowest BCUT2D eigenvalue weighted by atomic mass is 10.2. The molecule has 1 N–H and O–H groups in total. The average Bonchev–Trinajstić information content (AvgIpc) is 2.50. The van der Waals surface area contributed by atoms with E-state index < -0.39 is 17.8 Å². The van der Waals surface area contributed by atoms with E-state index in [1.807, 2.05) is 0 Å². The van der Waals surface area contributed by atoms with Crippen molar-refractivity contribution < 1.29 is 18.7 Å². The number of amides is 2. The number of morpholine rings is 1. The van der Waals surface area contributed by atoms with Gasteiger partial charge < -0.3 is 15.0 Å². The van der Waals surface area contributed by atoms with Crippen LogP contribution in [-0.2, 0) is 9.53 Å². The molecule has 0 spiro atoms. The van der Waals surface area contributed by atoms with Crippen LogP contribution in [-0.4, -0.2) is 49.1 Å². The minimum atomic E-state index is -0.649. The van der Waals surface area contributed by atoms with Crippen LogP contribution in [0, 0.1) is 5.82 Å². The number of ether oxygens (including phenoxy) is 1. The van der Waals surface area contributed by atoms with Crippen LogP contribution in [0.2, 0.25) is 0 Å². The maximum absolute atomic E-state index is 13.1. The van der Waals surface area contributed by atoms with Crippen LogP contribution in [0.1, 0.15) is 17.3 Å². The highest BCUT2D eigenvalue weighted by Crippen LogP contribution is 2.14. The molecule has 21 heavy (non-hydrogen) atoms. The van der Waals surface area contributed by atoms with Gasteiger partial charge in [-0.3, -0.25) is 9.59 Å². The molecule has 1 heterocycles. The summed E-state index contributed by atoms with van der Waals surface area (Å²) in [5, 5.41) is 2.61. The molecule has 1 aliphatic rings. The van der Waals surface area contributed by atoms with Crippen LogP contribution < -0.4 is 5.32 Å². The van der Waals surface area contributed by atoms with Gasteiger partial charge in [-0.25, -0.2) is 4.39 Å². The molecule has 1 aromatic rings. The van der Waals surface area contributed by atoms with E-state index in [4.69, 9.17) is 4.74 Å². The van der Waals surface area contributed by atoms with E-state index in [9.17, 15) is 14.0 Å². The van der Waals surface area contributed by atoms with Crippen molar-refractivity contribution in [1.29, 1.82) is 0 Å². The summed E-state index contributed by atoms with van der Waals surface area (Å²) in [7, 11) is 0. The smallest absolute Gasteiger partial charge is 0.251 e. The average molecular weight is 312 g/mol. The maximum Gasteiger partial charge on any atom is 0.251 e. The second kappa shape index (κ2) is 6.91. The van der Waals surface area contributed by atoms with Gasteiger partial charge >= 0.3 is 0 Å². The normalized spacial score (nSPS) is 16.4. The van der Waals surface area contributed by atoms with Gasteiger partial charge in [0.05, 0.1) is 13.2 Å². The van der Waals surface area contributed by atoms with Gasteiger partial charge in [0, 0.05) is 23.5 Å². The number of benzene rings is 1. The Labute approximate surface area is 127 Å². The standard InChI is InChI=1S/C14H17FN2O3S/c1-9(14(19)17-4-6-20-7-5-17)16-13(18)10-2-3-11(15)12(21)8-10/h2-3,8-9,21H,4-7H2,1H3,(H,16,18). The van der Waals surface area contributed by atoms with Gasteiger partial charge in [0.2, 0.25) is 5.91 Å². The number of carbonyl (C=O) groups is 2. The van der Waals surface area contributed by atoms with Crippen LogP contribution >= 0.6 is 12.6 Å². The molecular formula is C14H17FN2O3S. The van der Waals surface area contributed by atoms with Crippen molar-refractivity contribution >= 4 is 24.4 Å². The number of rotatable bonds is 3. The minimum Gasteiger partial charge on any atom is -0.378 e. The quantitative estimate of drug-likeness (QED) is 0.822. The molecule has 1 unspecified atom stereocenters. The number of halogens is 1. The third-order valence-electron chi connectivity index (χ3n) is 3.25. The Morgan fingerprint density at radius 1 is 1.38 bits per heavy atom. The molecule has 1 saturated heterocycles. The summed E-state index contributed by atoms with van der Waals surface area (Å²) in [6, 6.07) is 3.21. The number of carbonyl (C=O) groups excluding carboxylic acids is 2. The lowest BCUT2D eigenvalue weighted by molar-refractivity contribution is -0.136. The fraction of sp³-hybridized carbons (Fsp3) is 0.429. The number of thiol groups is 1. The molecule has 1 fully saturated rings. The van der Waals surface area contributed by atoms with Gasteiger partial charge in [-0.1, -0.05) is 0 Å². The van der Waals surface area contributed by atoms with E-state index in [1.165, 1.54) is 18.2 Å². The van der Waals surface area contributed by atoms with Crippen molar-refractivity contribution in [3.8, 4) is 0 Å². The molecule has 0 bridgehead atoms. The molecule has 1 aliphatic heterocycles. The topological polar surface area (TPSA) is 58.6 Å². The van der Waals surface area contributed by atoms with E-state index in [2.05, 4.69) is 17.9 Å². The fourth-order valence-electron chi connectivity index (χ4n) is 2.05. The Morgan fingerprint density at radius 3 is 2.67 bits per heavy atom. The molecule has 0 radical (unpaired) electrons. The highest BCUT2D eigenvalue weighted by atomic mass is 32.1. The summed E-state index contributed by atoms with van der Waals surface area (Å²) in [6.07, 6.45) is 0. The van der Waals surface area contributed by atoms with E-state index in [1.54, 1.807) is 11.8 Å². The molecule has 1 atom stereocenters. The van der Waals surface area contributed by atoms with Crippen molar-refractivity contribution in [2.45, 2.75) is 17.9 Å². The summed E-state index contributed by atoms with van der Waals surface area (Å²) >= 11 is 3.93. The predicted octanol–water partition coefficient (Wildman–Crippen LogP) is 1.09. The largest absolute Gasteiger partial charge is 0.378 e. The van der Waals surface area contributed by atoms with Crippen molar-refractivity contribution in [3.05, 3.63) is 29.6 Å². The Bertz CT molecular complexity index is 547. The molecule has 0 aromatic heterocycles. The number of hydrogen-bond donors (Lipinski definition) is 2. The molecule has 1 aromatic carbocycles. The Balaban J connectivity index is 1.97. The molecule has 2 rings (SSSR count). The van der Waals surface area contributed by atoms with Crippen molar-refractivity contribution in [2.75, 3.05) is 26.3 Å². The second-order valence-electron chi connectivity index (χ2n) is 4.80. The van der Waals surface area contributed by atoms with E-state index in [0.29, 0.717) is 26.3 Å². The van der Waals surface area contributed by atoms with Crippen LogP contribution in [0.15, 0.2) is 23.1 Å². The molecule has 0 aliphatic carbocycles. The monoisotopic (exact) mass is 312 g/mol. The van der Waals surface area contributed by atoms with Crippen LogP contribution in [0.25, 0.3) is 0 Å². The summed E-state index contributed by atoms with van der Waals surface area (Å²) in [4.78, 5) is 26.0. The second-order valence-corrected chi connectivity index (χ2v) is 5.28. The van der Waals surface area contributed by atoms with Crippen molar-refractivity contribution in [2.24, 2.45) is 0 Å². The van der Waals surface area contributed by atoms with Crippen LogP contribution in [0.5, 0.6) is 0 Å². The zero-order valence-corrected chi connectivity index (χ0v) is 12.5. The highest BCUT2D eigenvalue weighted by molar-refractivity contribution is 7.80. The third-order valence-corrected chi connectivity index (χ3v) is 3.59. The highest BCUT2D eigenvalue weighted by Gasteiger charge is 2.24. The first-order valence-electron chi connectivity index (χ1n) is 6.65. The zero-order valence-electron chi connectivity index (χ0n) is 11.6. The predicted molar refractivity (Wildman–Crippen MR) is 78.0 cm³/mol. The summed E-state index contributed by atoms with van der Waals surface area (Å²) in [6.45, 7) is 3.69. The summed E-state index contributed by atoms with van der Waals surface area (Å²) in [5.74, 6) is -1.08. The zero-order chi connectivity index (χ0) is 15.4. The van der Waals surface area contributed by atoms with Crippen molar-refractivity contribution in [3.63, 3.8) is 0 Å². The van der Waals surface area contributed by atoms with E-state index in [0.717, 1.165) is 0 Å².